The SMILES string of the molecule is [CH2]CCCCCCCCC(=O)OC1CCCC[CH]COCC1. The molecule has 0 amide bonds. The number of unbranched alkanes of at least 4 members (excludes halogenated alkanes) is 6. The van der Waals surface area contributed by atoms with Gasteiger partial charge in [-0.2, -0.15) is 0 Å². The van der Waals surface area contributed by atoms with E-state index in [1.165, 1.54) is 32.1 Å². The highest BCUT2D eigenvalue weighted by atomic mass is 16.5. The second-order valence-electron chi connectivity index (χ2n) is 6.27. The summed E-state index contributed by atoms with van der Waals surface area (Å²) in [6, 6.07) is 0. The highest BCUT2D eigenvalue weighted by Gasteiger charge is 2.15. The van der Waals surface area contributed by atoms with Crippen molar-refractivity contribution in [2.24, 2.45) is 0 Å². The summed E-state index contributed by atoms with van der Waals surface area (Å²) in [6.45, 7) is 5.28. The molecule has 3 heteroatoms. The average Bonchev–Trinajstić information content (AvgIpc) is 2.52. The first-order valence-corrected chi connectivity index (χ1v) is 9.21. The Kier molecular flexibility index (Phi) is 12.4. The van der Waals surface area contributed by atoms with Crippen molar-refractivity contribution < 1.29 is 14.3 Å². The normalized spacial score (nSPS) is 20.5. The summed E-state index contributed by atoms with van der Waals surface area (Å²) in [7, 11) is 0. The minimum atomic E-state index is -0.0219. The topological polar surface area (TPSA) is 35.5 Å². The van der Waals surface area contributed by atoms with Gasteiger partial charge in [-0.3, -0.25) is 4.79 Å². The lowest BCUT2D eigenvalue weighted by atomic mass is 10.1. The molecule has 1 atom stereocenters. The Hall–Kier alpha value is -0.570. The van der Waals surface area contributed by atoms with Crippen LogP contribution in [0, 0.1) is 13.3 Å². The van der Waals surface area contributed by atoms with Crippen LogP contribution in [0.25, 0.3) is 0 Å². The summed E-state index contributed by atoms with van der Waals surface area (Å²) in [4.78, 5) is 11.9. The minimum absolute atomic E-state index is 0.0219. The highest BCUT2D eigenvalue weighted by molar-refractivity contribution is 5.69. The molecule has 0 spiro atoms. The predicted molar refractivity (Wildman–Crippen MR) is 90.4 cm³/mol. The molecule has 1 heterocycles. The van der Waals surface area contributed by atoms with Gasteiger partial charge in [-0.15, -0.1) is 0 Å². The monoisotopic (exact) mass is 310 g/mol. The van der Waals surface area contributed by atoms with Gasteiger partial charge in [0.1, 0.15) is 6.10 Å². The molecule has 0 aromatic carbocycles. The molecule has 2 radical (unpaired) electrons. The van der Waals surface area contributed by atoms with E-state index in [-0.39, 0.29) is 12.1 Å². The van der Waals surface area contributed by atoms with Crippen molar-refractivity contribution >= 4 is 5.97 Å². The molecule has 3 nitrogen and oxygen atoms in total. The van der Waals surface area contributed by atoms with Crippen molar-refractivity contribution in [2.45, 2.75) is 89.6 Å². The van der Waals surface area contributed by atoms with Gasteiger partial charge in [0.2, 0.25) is 0 Å². The maximum atomic E-state index is 11.9. The van der Waals surface area contributed by atoms with Crippen molar-refractivity contribution in [3.8, 4) is 0 Å². The number of esters is 1. The first-order chi connectivity index (χ1) is 10.8. The molecular weight excluding hydrogens is 276 g/mol. The van der Waals surface area contributed by atoms with Crippen LogP contribution in [0.2, 0.25) is 0 Å². The number of hydrogen-bond donors (Lipinski definition) is 0. The van der Waals surface area contributed by atoms with E-state index in [1.807, 2.05) is 0 Å². The molecule has 0 N–H and O–H groups in total. The summed E-state index contributed by atoms with van der Waals surface area (Å²) >= 11 is 0. The van der Waals surface area contributed by atoms with Gasteiger partial charge in [0.25, 0.3) is 0 Å². The van der Waals surface area contributed by atoms with Crippen LogP contribution < -0.4 is 0 Å². The lowest BCUT2D eigenvalue weighted by Crippen LogP contribution is -2.21. The van der Waals surface area contributed by atoms with Gasteiger partial charge in [0.05, 0.1) is 6.61 Å². The van der Waals surface area contributed by atoms with Crippen molar-refractivity contribution in [2.75, 3.05) is 13.2 Å². The fourth-order valence-corrected chi connectivity index (χ4v) is 2.79. The molecule has 0 bridgehead atoms. The van der Waals surface area contributed by atoms with Gasteiger partial charge in [-0.25, -0.2) is 0 Å². The maximum Gasteiger partial charge on any atom is 0.306 e. The lowest BCUT2D eigenvalue weighted by molar-refractivity contribution is -0.150. The fourth-order valence-electron chi connectivity index (χ4n) is 2.79. The van der Waals surface area contributed by atoms with E-state index in [0.717, 1.165) is 51.6 Å². The predicted octanol–water partition coefficient (Wildman–Crippen LogP) is 5.04. The summed E-state index contributed by atoms with van der Waals surface area (Å²) in [6.07, 6.45) is 16.2. The Morgan fingerprint density at radius 3 is 2.68 bits per heavy atom. The van der Waals surface area contributed by atoms with Crippen molar-refractivity contribution in [3.63, 3.8) is 0 Å². The van der Waals surface area contributed by atoms with Gasteiger partial charge in [0.15, 0.2) is 0 Å². The Morgan fingerprint density at radius 2 is 1.86 bits per heavy atom. The first-order valence-electron chi connectivity index (χ1n) is 9.21. The second kappa shape index (κ2) is 14.0. The molecule has 0 saturated carbocycles. The molecule has 0 aromatic heterocycles. The molecule has 128 valence electrons. The lowest BCUT2D eigenvalue weighted by Gasteiger charge is -2.19. The van der Waals surface area contributed by atoms with Crippen LogP contribution in [0.4, 0.5) is 0 Å². The molecule has 1 fully saturated rings. The van der Waals surface area contributed by atoms with E-state index in [0.29, 0.717) is 13.0 Å². The molecule has 1 rings (SSSR count). The number of ether oxygens (including phenoxy) is 2. The van der Waals surface area contributed by atoms with E-state index in [1.54, 1.807) is 0 Å². The van der Waals surface area contributed by atoms with Crippen LogP contribution in [-0.4, -0.2) is 25.3 Å². The molecule has 22 heavy (non-hydrogen) atoms. The smallest absolute Gasteiger partial charge is 0.306 e. The van der Waals surface area contributed by atoms with E-state index < -0.39 is 0 Å². The van der Waals surface area contributed by atoms with Crippen LogP contribution in [0.15, 0.2) is 0 Å². The average molecular weight is 310 g/mol. The van der Waals surface area contributed by atoms with Crippen LogP contribution >= 0.6 is 0 Å². The minimum Gasteiger partial charge on any atom is -0.462 e. The van der Waals surface area contributed by atoms with Crippen molar-refractivity contribution in [1.29, 1.82) is 0 Å². The third kappa shape index (κ3) is 11.1. The zero-order valence-corrected chi connectivity index (χ0v) is 14.2. The van der Waals surface area contributed by atoms with Gasteiger partial charge in [-0.1, -0.05) is 51.9 Å². The number of carbonyl (C=O) groups is 1. The van der Waals surface area contributed by atoms with Gasteiger partial charge < -0.3 is 9.47 Å². The molecule has 0 aromatic rings. The second-order valence-corrected chi connectivity index (χ2v) is 6.27. The van der Waals surface area contributed by atoms with Crippen LogP contribution in [0.3, 0.4) is 0 Å². The molecule has 1 unspecified atom stereocenters. The number of hydrogen-bond acceptors (Lipinski definition) is 3. The summed E-state index contributed by atoms with van der Waals surface area (Å²) < 4.78 is 11.1. The Labute approximate surface area is 137 Å². The quantitative estimate of drug-likeness (QED) is 0.442. The molecule has 1 aliphatic rings. The Morgan fingerprint density at radius 1 is 1.09 bits per heavy atom. The zero-order chi connectivity index (χ0) is 15.9. The van der Waals surface area contributed by atoms with Crippen molar-refractivity contribution in [3.05, 3.63) is 13.3 Å². The standard InChI is InChI=1S/C19H34O3/c1-2-3-4-5-6-7-11-14-19(20)22-18-13-10-8-9-12-16-21-17-15-18/h12,18H,1-11,13-17H2. The number of carbonyl (C=O) groups excluding carboxylic acids is 1. The van der Waals surface area contributed by atoms with E-state index in [9.17, 15) is 4.79 Å². The van der Waals surface area contributed by atoms with E-state index in [2.05, 4.69) is 13.3 Å². The van der Waals surface area contributed by atoms with Crippen LogP contribution in [-0.2, 0) is 14.3 Å². The van der Waals surface area contributed by atoms with Crippen LogP contribution in [0.5, 0.6) is 0 Å². The summed E-state index contributed by atoms with van der Waals surface area (Å²) in [5.74, 6) is -0.0219. The van der Waals surface area contributed by atoms with Crippen molar-refractivity contribution in [1.82, 2.24) is 0 Å². The summed E-state index contributed by atoms with van der Waals surface area (Å²) in [5.41, 5.74) is 0. The third-order valence-corrected chi connectivity index (χ3v) is 4.18. The molecule has 0 aliphatic carbocycles. The molecule has 1 saturated heterocycles. The fraction of sp³-hybridized carbons (Fsp3) is 0.842. The van der Waals surface area contributed by atoms with Crippen LogP contribution in [0.1, 0.15) is 83.5 Å². The van der Waals surface area contributed by atoms with E-state index >= 15 is 0 Å². The third-order valence-electron chi connectivity index (χ3n) is 4.18. The zero-order valence-electron chi connectivity index (χ0n) is 14.2. The largest absolute Gasteiger partial charge is 0.462 e. The Bertz CT molecular complexity index is 255. The van der Waals surface area contributed by atoms with Gasteiger partial charge >= 0.3 is 5.97 Å². The molecular formula is C19H34O3. The molecule has 1 aliphatic heterocycles. The van der Waals surface area contributed by atoms with Gasteiger partial charge in [0, 0.05) is 19.4 Å². The highest BCUT2D eigenvalue weighted by Crippen LogP contribution is 2.15. The summed E-state index contributed by atoms with van der Waals surface area (Å²) in [5, 5.41) is 0. The maximum absolute atomic E-state index is 11.9. The first kappa shape index (κ1) is 19.5. The van der Waals surface area contributed by atoms with E-state index in [4.69, 9.17) is 9.47 Å². The number of rotatable bonds is 9. The Balaban J connectivity index is 2.05. The van der Waals surface area contributed by atoms with Gasteiger partial charge in [-0.05, 0) is 32.1 Å².